The van der Waals surface area contributed by atoms with Gasteiger partial charge in [0, 0.05) is 0 Å². The van der Waals surface area contributed by atoms with Crippen molar-refractivity contribution in [2.45, 2.75) is 101 Å². The molecule has 0 aromatic carbocycles. The second-order valence-electron chi connectivity index (χ2n) is 8.92. The van der Waals surface area contributed by atoms with Gasteiger partial charge in [0.05, 0.1) is 0 Å². The van der Waals surface area contributed by atoms with Crippen LogP contribution in [0.4, 0.5) is 0 Å². The SMILES string of the molecule is Cl.Cl.Cl.NCCCCC(N)C(=O)O.NCCCCC(N)C(=O)O.NCCCCC(N)C(=O)O.NCCCCC(N)C(=O)O. The molecule has 0 saturated heterocycles. The smallest absolute Gasteiger partial charge is 0.320 e. The fraction of sp³-hybridized carbons (Fsp3) is 0.833. The lowest BCUT2D eigenvalue weighted by atomic mass is 10.1. The Morgan fingerprint density at radius 3 is 0.605 bits per heavy atom. The molecule has 0 aliphatic carbocycles. The highest BCUT2D eigenvalue weighted by Crippen LogP contribution is 1.99. The summed E-state index contributed by atoms with van der Waals surface area (Å²) in [7, 11) is 0. The second kappa shape index (κ2) is 42.6. The quantitative estimate of drug-likeness (QED) is 0.0706. The molecule has 0 amide bonds. The van der Waals surface area contributed by atoms with E-state index in [4.69, 9.17) is 66.3 Å². The number of halogens is 3. The van der Waals surface area contributed by atoms with Crippen molar-refractivity contribution >= 4 is 61.1 Å². The first-order valence-corrected chi connectivity index (χ1v) is 13.5. The Morgan fingerprint density at radius 2 is 0.512 bits per heavy atom. The van der Waals surface area contributed by atoms with Crippen LogP contribution in [0.15, 0.2) is 0 Å². The van der Waals surface area contributed by atoms with E-state index in [0.717, 1.165) is 51.4 Å². The average molecular weight is 694 g/mol. The first-order valence-electron chi connectivity index (χ1n) is 13.5. The van der Waals surface area contributed by atoms with Gasteiger partial charge in [0.2, 0.25) is 0 Å². The van der Waals surface area contributed by atoms with E-state index in [1.165, 1.54) is 0 Å². The van der Waals surface area contributed by atoms with Crippen molar-refractivity contribution in [1.29, 1.82) is 0 Å². The van der Waals surface area contributed by atoms with Crippen LogP contribution in [0, 0.1) is 0 Å². The summed E-state index contributed by atoms with van der Waals surface area (Å²) in [5.74, 6) is -3.73. The summed E-state index contributed by atoms with van der Waals surface area (Å²) >= 11 is 0. The zero-order valence-corrected chi connectivity index (χ0v) is 27.3. The number of unbranched alkanes of at least 4 members (excludes halogenated alkanes) is 4. The fourth-order valence-electron chi connectivity index (χ4n) is 2.53. The first kappa shape index (κ1) is 57.1. The molecule has 0 aromatic rings. The molecule has 0 aromatic heterocycles. The molecule has 43 heavy (non-hydrogen) atoms. The third-order valence-corrected chi connectivity index (χ3v) is 5.15. The van der Waals surface area contributed by atoms with Crippen molar-refractivity contribution in [2.75, 3.05) is 26.2 Å². The average Bonchev–Trinajstić information content (AvgIpc) is 2.89. The van der Waals surface area contributed by atoms with Crippen LogP contribution in [0.25, 0.3) is 0 Å². The summed E-state index contributed by atoms with van der Waals surface area (Å²) in [4.78, 5) is 40.5. The maximum absolute atomic E-state index is 10.1. The number of nitrogens with two attached hydrogens (primary N) is 8. The number of hydrogen-bond donors (Lipinski definition) is 12. The second-order valence-corrected chi connectivity index (χ2v) is 8.92. The van der Waals surface area contributed by atoms with Gasteiger partial charge in [-0.15, -0.1) is 37.2 Å². The standard InChI is InChI=1S/4C6H14N2O2.3ClH/c4*7-4-2-1-3-5(8)6(9)10;;;/h4*5H,1-4,7-8H2,(H,9,10);3*1H. The minimum Gasteiger partial charge on any atom is -0.480 e. The molecule has 0 rings (SSSR count). The highest BCUT2D eigenvalue weighted by Gasteiger charge is 2.11. The van der Waals surface area contributed by atoms with Crippen molar-refractivity contribution in [3.8, 4) is 0 Å². The van der Waals surface area contributed by atoms with Crippen LogP contribution in [0.5, 0.6) is 0 Å². The van der Waals surface area contributed by atoms with E-state index in [1.807, 2.05) is 0 Å². The predicted octanol–water partition coefficient (Wildman–Crippen LogP) is -0.625. The highest BCUT2D eigenvalue weighted by atomic mass is 35.5. The largest absolute Gasteiger partial charge is 0.480 e. The number of carbonyl (C=O) groups is 4. The Labute approximate surface area is 273 Å². The van der Waals surface area contributed by atoms with Crippen molar-refractivity contribution in [3.63, 3.8) is 0 Å². The monoisotopic (exact) mass is 692 g/mol. The molecule has 20 N–H and O–H groups in total. The van der Waals surface area contributed by atoms with Crippen LogP contribution in [0.1, 0.15) is 77.0 Å². The zero-order valence-electron chi connectivity index (χ0n) is 24.9. The third-order valence-electron chi connectivity index (χ3n) is 5.15. The van der Waals surface area contributed by atoms with Gasteiger partial charge < -0.3 is 66.3 Å². The van der Waals surface area contributed by atoms with Gasteiger partial charge in [-0.1, -0.05) is 25.7 Å². The van der Waals surface area contributed by atoms with Crippen molar-refractivity contribution in [2.24, 2.45) is 45.9 Å². The molecular formula is C24H59Cl3N8O8. The molecule has 4 atom stereocenters. The first-order chi connectivity index (χ1) is 18.7. The van der Waals surface area contributed by atoms with Crippen LogP contribution in [-0.2, 0) is 19.2 Å². The summed E-state index contributed by atoms with van der Waals surface area (Å²) in [6.45, 7) is 2.41. The van der Waals surface area contributed by atoms with E-state index < -0.39 is 48.0 Å². The molecule has 0 saturated carbocycles. The van der Waals surface area contributed by atoms with Crippen LogP contribution in [0.2, 0.25) is 0 Å². The van der Waals surface area contributed by atoms with Gasteiger partial charge in [-0.2, -0.15) is 0 Å². The Hall–Kier alpha value is -1.57. The minimum atomic E-state index is -0.933. The summed E-state index contributed by atoms with van der Waals surface area (Å²) in [6, 6.07) is -2.86. The number of rotatable bonds is 20. The normalized spacial score (nSPS) is 12.1. The van der Waals surface area contributed by atoms with Gasteiger partial charge in [0.15, 0.2) is 0 Å². The summed E-state index contributed by atoms with van der Waals surface area (Å²) in [5.41, 5.74) is 41.7. The van der Waals surface area contributed by atoms with Crippen LogP contribution in [0.3, 0.4) is 0 Å². The van der Waals surface area contributed by atoms with Gasteiger partial charge in [0.1, 0.15) is 24.2 Å². The summed E-state index contributed by atoms with van der Waals surface area (Å²) < 4.78 is 0. The third kappa shape index (κ3) is 50.4. The van der Waals surface area contributed by atoms with E-state index in [-0.39, 0.29) is 37.2 Å². The molecule has 0 bridgehead atoms. The molecule has 0 spiro atoms. The Morgan fingerprint density at radius 1 is 0.372 bits per heavy atom. The molecule has 0 aliphatic heterocycles. The van der Waals surface area contributed by atoms with Crippen LogP contribution in [-0.4, -0.2) is 94.6 Å². The van der Waals surface area contributed by atoms with Crippen LogP contribution >= 0.6 is 37.2 Å². The Balaban J connectivity index is -0.0000000785. The molecule has 19 heteroatoms. The zero-order chi connectivity index (χ0) is 31.9. The van der Waals surface area contributed by atoms with Crippen LogP contribution < -0.4 is 45.9 Å². The van der Waals surface area contributed by atoms with E-state index in [2.05, 4.69) is 0 Å². The van der Waals surface area contributed by atoms with Gasteiger partial charge in [0.25, 0.3) is 0 Å². The lowest BCUT2D eigenvalue weighted by Crippen LogP contribution is -2.29. The predicted molar refractivity (Wildman–Crippen MR) is 176 cm³/mol. The maximum Gasteiger partial charge on any atom is 0.320 e. The van der Waals surface area contributed by atoms with Crippen molar-refractivity contribution in [1.82, 2.24) is 0 Å². The lowest BCUT2D eigenvalue weighted by Gasteiger charge is -2.03. The van der Waals surface area contributed by atoms with E-state index in [9.17, 15) is 19.2 Å². The number of carboxylic acids is 4. The molecule has 16 nitrogen and oxygen atoms in total. The minimum absolute atomic E-state index is 0. The fourth-order valence-corrected chi connectivity index (χ4v) is 2.53. The maximum atomic E-state index is 10.1. The molecular weight excluding hydrogens is 635 g/mol. The highest BCUT2D eigenvalue weighted by molar-refractivity contribution is 5.86. The van der Waals surface area contributed by atoms with Gasteiger partial charge in [-0.25, -0.2) is 0 Å². The molecule has 264 valence electrons. The number of aliphatic carboxylic acids is 4. The molecule has 4 unspecified atom stereocenters. The van der Waals surface area contributed by atoms with E-state index in [1.54, 1.807) is 0 Å². The van der Waals surface area contributed by atoms with Gasteiger partial charge >= 0.3 is 23.9 Å². The summed E-state index contributed by atoms with van der Waals surface area (Å²) in [5, 5.41) is 33.3. The van der Waals surface area contributed by atoms with Crippen molar-refractivity contribution < 1.29 is 39.6 Å². The molecule has 0 aliphatic rings. The Kier molecular flexibility index (Phi) is 56.5. The van der Waals surface area contributed by atoms with Gasteiger partial charge in [-0.05, 0) is 77.5 Å². The topological polar surface area (TPSA) is 357 Å². The Bertz CT molecular complexity index is 543. The molecule has 0 fully saturated rings. The van der Waals surface area contributed by atoms with E-state index >= 15 is 0 Å². The molecule has 0 heterocycles. The lowest BCUT2D eigenvalue weighted by molar-refractivity contribution is -0.139. The van der Waals surface area contributed by atoms with Crippen molar-refractivity contribution in [3.05, 3.63) is 0 Å². The number of carboxylic acid groups (broad SMARTS) is 4. The summed E-state index contributed by atoms with van der Waals surface area (Å²) in [6.07, 6.45) is 8.66. The van der Waals surface area contributed by atoms with E-state index in [0.29, 0.717) is 51.9 Å². The number of hydrogen-bond acceptors (Lipinski definition) is 12. The van der Waals surface area contributed by atoms with Gasteiger partial charge in [-0.3, -0.25) is 19.2 Å². The molecule has 0 radical (unpaired) electrons.